The standard InChI is InChI=1S/C29H25F3N6O2/c1-3-24(39)38-12-6-7-17(16-38)22-11-10-18(13-34-22)28(2,26(33)40)27-36-15-21(29(30,31)32)25(37-27)20-14-35-23-9-5-4-8-19(20)23/h3-5,7-11,13-15,35H,1,6,12,16H2,2H3,(H2,33,40). The third-order valence-electron chi connectivity index (χ3n) is 7.19. The third kappa shape index (κ3) is 4.63. The number of alkyl halides is 3. The summed E-state index contributed by atoms with van der Waals surface area (Å²) in [6.45, 7) is 5.90. The number of aromatic amines is 1. The van der Waals surface area contributed by atoms with E-state index in [1.54, 1.807) is 41.3 Å². The number of amides is 2. The zero-order chi connectivity index (χ0) is 28.7. The van der Waals surface area contributed by atoms with E-state index in [1.807, 2.05) is 6.08 Å². The summed E-state index contributed by atoms with van der Waals surface area (Å²) in [5, 5.41) is 0.536. The van der Waals surface area contributed by atoms with Gasteiger partial charge in [-0.05, 0) is 42.7 Å². The minimum absolute atomic E-state index is 0.186. The van der Waals surface area contributed by atoms with Gasteiger partial charge in [-0.3, -0.25) is 14.6 Å². The zero-order valence-corrected chi connectivity index (χ0v) is 21.5. The Morgan fingerprint density at radius 1 is 1.12 bits per heavy atom. The van der Waals surface area contributed by atoms with Crippen molar-refractivity contribution in [3.63, 3.8) is 0 Å². The van der Waals surface area contributed by atoms with Crippen molar-refractivity contribution >= 4 is 28.3 Å². The molecule has 2 amide bonds. The molecule has 8 nitrogen and oxygen atoms in total. The van der Waals surface area contributed by atoms with Crippen LogP contribution in [-0.4, -0.2) is 49.7 Å². The number of carbonyl (C=O) groups excluding carboxylic acids is 2. The van der Waals surface area contributed by atoms with Crippen LogP contribution in [0.1, 0.15) is 36.0 Å². The number of aromatic nitrogens is 4. The molecule has 3 N–H and O–H groups in total. The van der Waals surface area contributed by atoms with Crippen LogP contribution in [0.15, 0.2) is 73.7 Å². The maximum atomic E-state index is 14.0. The minimum atomic E-state index is -4.74. The highest BCUT2D eigenvalue weighted by molar-refractivity contribution is 5.96. The fourth-order valence-electron chi connectivity index (χ4n) is 4.81. The zero-order valence-electron chi connectivity index (χ0n) is 21.5. The molecule has 0 saturated carbocycles. The third-order valence-corrected chi connectivity index (χ3v) is 7.19. The van der Waals surface area contributed by atoms with Crippen molar-refractivity contribution in [1.82, 2.24) is 24.8 Å². The number of halogens is 3. The summed E-state index contributed by atoms with van der Waals surface area (Å²) in [4.78, 5) is 42.3. The molecule has 1 atom stereocenters. The van der Waals surface area contributed by atoms with Gasteiger partial charge in [0, 0.05) is 48.1 Å². The van der Waals surface area contributed by atoms with Crippen molar-refractivity contribution in [2.75, 3.05) is 13.1 Å². The van der Waals surface area contributed by atoms with E-state index in [1.165, 1.54) is 25.4 Å². The second-order valence-corrected chi connectivity index (χ2v) is 9.60. The molecule has 4 aromatic rings. The molecule has 5 rings (SSSR count). The van der Waals surface area contributed by atoms with Crippen LogP contribution in [0.25, 0.3) is 27.7 Å². The molecule has 1 aliphatic rings. The topological polar surface area (TPSA) is 118 Å². The fourth-order valence-corrected chi connectivity index (χ4v) is 4.81. The minimum Gasteiger partial charge on any atom is -0.369 e. The number of nitrogens with zero attached hydrogens (tertiary/aromatic N) is 4. The lowest BCUT2D eigenvalue weighted by Gasteiger charge is -2.27. The molecule has 40 heavy (non-hydrogen) atoms. The molecule has 11 heteroatoms. The Bertz CT molecular complexity index is 1660. The average molecular weight is 547 g/mol. The Kier molecular flexibility index (Phi) is 6.74. The van der Waals surface area contributed by atoms with Gasteiger partial charge >= 0.3 is 6.18 Å². The van der Waals surface area contributed by atoms with Gasteiger partial charge in [-0.1, -0.05) is 36.9 Å². The van der Waals surface area contributed by atoms with E-state index < -0.39 is 23.1 Å². The van der Waals surface area contributed by atoms with Crippen molar-refractivity contribution in [3.8, 4) is 11.3 Å². The number of nitrogens with one attached hydrogen (secondary N) is 1. The van der Waals surface area contributed by atoms with Crippen molar-refractivity contribution in [3.05, 3.63) is 96.4 Å². The van der Waals surface area contributed by atoms with Gasteiger partial charge in [-0.15, -0.1) is 0 Å². The number of pyridine rings is 1. The summed E-state index contributed by atoms with van der Waals surface area (Å²) in [6.07, 6.45) is 2.70. The number of fused-ring (bicyclic) bond motifs is 1. The van der Waals surface area contributed by atoms with Crippen LogP contribution in [0.3, 0.4) is 0 Å². The number of primary amides is 1. The van der Waals surface area contributed by atoms with Crippen molar-refractivity contribution < 1.29 is 22.8 Å². The molecule has 0 bridgehead atoms. The van der Waals surface area contributed by atoms with Crippen LogP contribution in [-0.2, 0) is 21.2 Å². The van der Waals surface area contributed by atoms with Gasteiger partial charge in [0.15, 0.2) is 0 Å². The van der Waals surface area contributed by atoms with E-state index in [9.17, 15) is 22.8 Å². The van der Waals surface area contributed by atoms with Gasteiger partial charge in [0.25, 0.3) is 0 Å². The van der Waals surface area contributed by atoms with E-state index in [0.717, 1.165) is 5.57 Å². The second-order valence-electron chi connectivity index (χ2n) is 9.60. The van der Waals surface area contributed by atoms with Crippen molar-refractivity contribution in [2.45, 2.75) is 24.9 Å². The van der Waals surface area contributed by atoms with Crippen molar-refractivity contribution in [1.29, 1.82) is 0 Å². The fraction of sp³-hybridized carbons (Fsp3) is 0.207. The molecule has 0 spiro atoms. The van der Waals surface area contributed by atoms with Gasteiger partial charge in [0.2, 0.25) is 11.8 Å². The summed E-state index contributed by atoms with van der Waals surface area (Å²) in [6, 6.07) is 10.2. The first-order valence-corrected chi connectivity index (χ1v) is 12.4. The van der Waals surface area contributed by atoms with Gasteiger partial charge in [0.05, 0.1) is 11.4 Å². The van der Waals surface area contributed by atoms with Crippen LogP contribution in [0.4, 0.5) is 13.2 Å². The maximum Gasteiger partial charge on any atom is 0.419 e. The normalized spacial score (nSPS) is 15.4. The number of rotatable bonds is 6. The molecule has 3 aromatic heterocycles. The first kappa shape index (κ1) is 26.8. The molecule has 1 aliphatic heterocycles. The largest absolute Gasteiger partial charge is 0.419 e. The lowest BCUT2D eigenvalue weighted by molar-refractivity contribution is -0.137. The lowest BCUT2D eigenvalue weighted by atomic mass is 9.81. The average Bonchev–Trinajstić information content (AvgIpc) is 3.39. The van der Waals surface area contributed by atoms with Gasteiger partial charge in [-0.2, -0.15) is 13.2 Å². The summed E-state index contributed by atoms with van der Waals surface area (Å²) in [5.41, 5.74) is 5.29. The summed E-state index contributed by atoms with van der Waals surface area (Å²) in [5.74, 6) is -1.23. The molecule has 0 radical (unpaired) electrons. The Morgan fingerprint density at radius 2 is 1.90 bits per heavy atom. The van der Waals surface area contributed by atoms with Crippen LogP contribution in [0.5, 0.6) is 0 Å². The Labute approximate surface area is 227 Å². The number of carbonyl (C=O) groups is 2. The quantitative estimate of drug-likeness (QED) is 0.342. The van der Waals surface area contributed by atoms with Crippen LogP contribution in [0, 0.1) is 0 Å². The summed E-state index contributed by atoms with van der Waals surface area (Å²) in [7, 11) is 0. The first-order valence-electron chi connectivity index (χ1n) is 12.4. The molecular formula is C29H25F3N6O2. The van der Waals surface area contributed by atoms with Gasteiger partial charge < -0.3 is 15.6 Å². The molecule has 0 fully saturated rings. The number of nitrogens with two attached hydrogens (primary N) is 1. The Balaban J connectivity index is 1.58. The van der Waals surface area contributed by atoms with E-state index in [0.29, 0.717) is 47.9 Å². The Morgan fingerprint density at radius 3 is 2.58 bits per heavy atom. The first-order chi connectivity index (χ1) is 19.0. The number of hydrogen-bond acceptors (Lipinski definition) is 5. The maximum absolute atomic E-state index is 14.0. The van der Waals surface area contributed by atoms with E-state index in [2.05, 4.69) is 26.5 Å². The monoisotopic (exact) mass is 546 g/mol. The van der Waals surface area contributed by atoms with Crippen molar-refractivity contribution in [2.24, 2.45) is 5.73 Å². The highest BCUT2D eigenvalue weighted by Crippen LogP contribution is 2.40. The lowest BCUT2D eigenvalue weighted by Crippen LogP contribution is -2.41. The molecule has 1 unspecified atom stereocenters. The second kappa shape index (κ2) is 10.1. The van der Waals surface area contributed by atoms with Crippen LogP contribution < -0.4 is 5.73 Å². The molecule has 204 valence electrons. The summed E-state index contributed by atoms with van der Waals surface area (Å²) >= 11 is 0. The predicted octanol–water partition coefficient (Wildman–Crippen LogP) is 4.63. The van der Waals surface area contributed by atoms with Crippen LogP contribution in [0.2, 0.25) is 0 Å². The summed E-state index contributed by atoms with van der Waals surface area (Å²) < 4.78 is 42.1. The highest BCUT2D eigenvalue weighted by Gasteiger charge is 2.42. The molecular weight excluding hydrogens is 521 g/mol. The number of benzene rings is 1. The van der Waals surface area contributed by atoms with E-state index in [-0.39, 0.29) is 23.0 Å². The SMILES string of the molecule is C=CC(=O)N1CCC=C(c2ccc(C(C)(C(N)=O)c3ncc(C(F)(F)F)c(-c4c[nH]c5ccccc45)n3)cn2)C1. The molecule has 1 aromatic carbocycles. The smallest absolute Gasteiger partial charge is 0.369 e. The molecule has 0 saturated heterocycles. The predicted molar refractivity (Wildman–Crippen MR) is 144 cm³/mol. The molecule has 0 aliphatic carbocycles. The van der Waals surface area contributed by atoms with Crippen LogP contribution >= 0.6 is 0 Å². The van der Waals surface area contributed by atoms with E-state index >= 15 is 0 Å². The molecule has 4 heterocycles. The Hall–Kier alpha value is -4.80. The van der Waals surface area contributed by atoms with E-state index in [4.69, 9.17) is 5.73 Å². The van der Waals surface area contributed by atoms with Gasteiger partial charge in [0.1, 0.15) is 16.8 Å². The number of para-hydroxylation sites is 1. The highest BCUT2D eigenvalue weighted by atomic mass is 19.4. The van der Waals surface area contributed by atoms with Gasteiger partial charge in [-0.25, -0.2) is 9.97 Å². The number of H-pyrrole nitrogens is 1. The number of hydrogen-bond donors (Lipinski definition) is 2.